The molecule has 40 valence electrons. The SMILES string of the molecule is O=[S](=O)(O)[AlH2].[AlH3].[KH].[KH]. The van der Waals surface area contributed by atoms with Gasteiger partial charge in [0.25, 0.3) is 0 Å². The Morgan fingerprint density at radius 1 is 1.25 bits per heavy atom. The summed E-state index contributed by atoms with van der Waals surface area (Å²) in [4.78, 5) is 0. The molecule has 0 aromatic heterocycles. The van der Waals surface area contributed by atoms with Crippen LogP contribution >= 0.6 is 0 Å². The van der Waals surface area contributed by atoms with Gasteiger partial charge in [-0.15, -0.1) is 0 Å². The molecule has 1 N–H and O–H groups in total. The van der Waals surface area contributed by atoms with Gasteiger partial charge in [0, 0.05) is 0 Å². The molecular weight excluding hydrogens is 212 g/mol. The van der Waals surface area contributed by atoms with Gasteiger partial charge < -0.3 is 4.55 Å². The van der Waals surface area contributed by atoms with Crippen LogP contribution in [0.3, 0.4) is 0 Å². The summed E-state index contributed by atoms with van der Waals surface area (Å²) in [7, 11) is -3.53. The predicted octanol–water partition coefficient (Wildman–Crippen LogP) is -4.06. The average Bonchev–Trinajstić information content (AvgIpc) is 0.722. The van der Waals surface area contributed by atoms with E-state index in [1.165, 1.54) is 0 Å². The second kappa shape index (κ2) is 11.2. The Morgan fingerprint density at radius 2 is 1.25 bits per heavy atom. The molecule has 0 spiro atoms. The molecule has 0 aliphatic heterocycles. The van der Waals surface area contributed by atoms with Gasteiger partial charge in [-0.05, 0) is 0 Å². The van der Waals surface area contributed by atoms with Crippen LogP contribution in [-0.4, -0.2) is 148 Å². The minimum atomic E-state index is -3.53. The van der Waals surface area contributed by atoms with Crippen LogP contribution in [0.5, 0.6) is 0 Å². The van der Waals surface area contributed by atoms with E-state index in [2.05, 4.69) is 0 Å². The zero-order valence-electron chi connectivity index (χ0n) is 2.67. The molecule has 0 atom stereocenters. The van der Waals surface area contributed by atoms with Crippen LogP contribution in [0.15, 0.2) is 0 Å². The van der Waals surface area contributed by atoms with Crippen LogP contribution in [-0.2, 0) is 8.48 Å². The molecule has 0 aliphatic rings. The first kappa shape index (κ1) is 22.8. The van der Waals surface area contributed by atoms with Crippen molar-refractivity contribution in [3.63, 3.8) is 0 Å². The number of hydrogen-bond acceptors (Lipinski definition) is 2. The van der Waals surface area contributed by atoms with E-state index in [9.17, 15) is 8.42 Å². The molecule has 8 heteroatoms. The molecule has 0 heterocycles. The molecule has 3 nitrogen and oxygen atoms in total. The van der Waals surface area contributed by atoms with Crippen LogP contribution in [0.1, 0.15) is 0 Å². The summed E-state index contributed by atoms with van der Waals surface area (Å²) in [6, 6.07) is 0. The normalized spacial score (nSPS) is 7.12. The molecule has 0 radical (unpaired) electrons. The fourth-order valence-corrected chi connectivity index (χ4v) is 0. The molecule has 0 aromatic carbocycles. The van der Waals surface area contributed by atoms with Crippen LogP contribution in [0.2, 0.25) is 0 Å². The quantitative estimate of drug-likeness (QED) is 0.334. The fraction of sp³-hybridized carbons (Fsp3) is 0. The summed E-state index contributed by atoms with van der Waals surface area (Å²) in [6.07, 6.45) is 0. The summed E-state index contributed by atoms with van der Waals surface area (Å²) < 4.78 is 26.1. The van der Waals surface area contributed by atoms with E-state index in [4.69, 9.17) is 4.55 Å². The van der Waals surface area contributed by atoms with Gasteiger partial charge >= 0.3 is 118 Å². The van der Waals surface area contributed by atoms with Crippen molar-refractivity contribution in [3.05, 3.63) is 0 Å². The number of rotatable bonds is 0. The van der Waals surface area contributed by atoms with E-state index in [-0.39, 0.29) is 135 Å². The van der Waals surface area contributed by atoms with Gasteiger partial charge in [-0.3, -0.25) is 0 Å². The third-order valence-electron chi connectivity index (χ3n) is 0. The molecule has 8 heavy (non-hydrogen) atoms. The Hall–Kier alpha value is 4.25. The zero-order chi connectivity index (χ0) is 4.50. The van der Waals surface area contributed by atoms with Gasteiger partial charge in [0.1, 0.15) is 8.48 Å². The topological polar surface area (TPSA) is 54.4 Å². The summed E-state index contributed by atoms with van der Waals surface area (Å²) in [5.41, 5.74) is 0. The van der Waals surface area contributed by atoms with E-state index < -0.39 is 8.48 Å². The van der Waals surface area contributed by atoms with Crippen molar-refractivity contribution < 1.29 is 13.0 Å². The van der Waals surface area contributed by atoms with Crippen molar-refractivity contribution in [1.82, 2.24) is 0 Å². The Bertz CT molecular complexity index is 98.5. The van der Waals surface area contributed by atoms with E-state index in [1.807, 2.05) is 0 Å². The van der Waals surface area contributed by atoms with Crippen LogP contribution < -0.4 is 0 Å². The molecule has 0 rings (SSSR count). The van der Waals surface area contributed by atoms with Gasteiger partial charge in [0.05, 0.1) is 0 Å². The number of hydrogen-bond donors (Lipinski definition) is 1. The summed E-state index contributed by atoms with van der Waals surface area (Å²) in [5.74, 6) is 0. The second-order valence-electron chi connectivity index (χ2n) is 0.733. The molecule has 0 saturated carbocycles. The maximum absolute atomic E-state index is 9.25. The molecule has 0 unspecified atom stereocenters. The van der Waals surface area contributed by atoms with Crippen LogP contribution in [0.25, 0.3) is 0 Å². The molecule has 0 aliphatic carbocycles. The third-order valence-corrected chi connectivity index (χ3v) is 0. The van der Waals surface area contributed by atoms with Crippen molar-refractivity contribution in [1.29, 1.82) is 0 Å². The van der Waals surface area contributed by atoms with Gasteiger partial charge in [-0.25, -0.2) is 8.42 Å². The van der Waals surface area contributed by atoms with Gasteiger partial charge in [0.15, 0.2) is 17.4 Å². The Kier molecular flexibility index (Phi) is 32.0. The Morgan fingerprint density at radius 3 is 1.25 bits per heavy atom. The van der Waals surface area contributed by atoms with Gasteiger partial charge in [0.2, 0.25) is 0 Å². The predicted molar refractivity (Wildman–Crippen MR) is 44.3 cm³/mol. The first-order chi connectivity index (χ1) is 2.00. The van der Waals surface area contributed by atoms with Gasteiger partial charge in [-0.2, -0.15) is 0 Å². The van der Waals surface area contributed by atoms with E-state index in [0.717, 1.165) is 0 Å². The van der Waals surface area contributed by atoms with Crippen molar-refractivity contribution in [2.45, 2.75) is 0 Å². The summed E-state index contributed by atoms with van der Waals surface area (Å²) in [5, 5.41) is 0. The first-order valence-electron chi connectivity index (χ1n) is 0.924. The maximum atomic E-state index is 9.25. The zero-order valence-corrected chi connectivity index (χ0v) is 5.49. The molecule has 0 fully saturated rings. The first-order valence-corrected chi connectivity index (χ1v) is 5.22. The van der Waals surface area contributed by atoms with E-state index in [1.54, 1.807) is 0 Å². The molecular formula is H8Al2K2O3S. The average molecular weight is 220 g/mol. The fourth-order valence-electron chi connectivity index (χ4n) is 0. The molecule has 0 amide bonds. The molecule has 0 saturated heterocycles. The van der Waals surface area contributed by atoms with Crippen LogP contribution in [0, 0.1) is 0 Å². The Balaban J connectivity index is -0.0000000267. The monoisotopic (exact) mass is 220 g/mol. The van der Waals surface area contributed by atoms with Crippen molar-refractivity contribution in [3.8, 4) is 0 Å². The summed E-state index contributed by atoms with van der Waals surface area (Å²) in [6.45, 7) is 0. The van der Waals surface area contributed by atoms with E-state index >= 15 is 0 Å². The molecule has 0 bridgehead atoms. The van der Waals surface area contributed by atoms with Gasteiger partial charge in [-0.1, -0.05) is 0 Å². The van der Waals surface area contributed by atoms with E-state index in [0.29, 0.717) is 0 Å². The third kappa shape index (κ3) is 48.6. The Labute approximate surface area is 152 Å². The summed E-state index contributed by atoms with van der Waals surface area (Å²) >= 11 is -0.164. The van der Waals surface area contributed by atoms with Crippen molar-refractivity contribution >= 4 is 144 Å². The van der Waals surface area contributed by atoms with Crippen LogP contribution in [0.4, 0.5) is 0 Å². The second-order valence-corrected chi connectivity index (χ2v) is 5.29. The molecule has 0 aromatic rings. The standard InChI is InChI=1S/2Al.2K.HO3S.7H/c;;;;1-4(2)3;;;;;;;/h;;;;(H,1,2,3);;;;;;;. The van der Waals surface area contributed by atoms with Crippen molar-refractivity contribution in [2.24, 2.45) is 0 Å². The van der Waals surface area contributed by atoms with Crippen molar-refractivity contribution in [2.75, 3.05) is 0 Å². The minimum absolute atomic E-state index is 0.